The van der Waals surface area contributed by atoms with E-state index in [2.05, 4.69) is 115 Å². The zero-order valence-corrected chi connectivity index (χ0v) is 18.4. The molecule has 0 fully saturated rings. The third kappa shape index (κ3) is 2.78. The first-order chi connectivity index (χ1) is 15.8. The maximum atomic E-state index is 3.40. The molecule has 0 radical (unpaired) electrons. The highest BCUT2D eigenvalue weighted by atomic mass is 14.7. The van der Waals surface area contributed by atoms with E-state index in [-0.39, 0.29) is 5.41 Å². The Labute approximate surface area is 190 Å². The van der Waals surface area contributed by atoms with E-state index in [1.54, 1.807) is 0 Å². The standard InChI is InChI=1S/C31H27N/c1-22-10-8-15-28-27(20-22)26-18-17-23(30-16-9-19-32-30)21-29(26)31(28,24-11-4-2-5-12-24)25-13-6-3-7-14-25/h2-9,11-19,21-22,32H,10,20H2,1H3. The Bertz CT molecular complexity index is 1270. The van der Waals surface area contributed by atoms with E-state index < -0.39 is 0 Å². The maximum Gasteiger partial charge on any atom is 0.0710 e. The molecule has 1 aromatic heterocycles. The minimum Gasteiger partial charge on any atom is -0.361 e. The number of hydrogen-bond acceptors (Lipinski definition) is 0. The summed E-state index contributed by atoms with van der Waals surface area (Å²) in [6, 6.07) is 33.4. The molecule has 0 saturated heterocycles. The van der Waals surface area contributed by atoms with Gasteiger partial charge in [0, 0.05) is 11.9 Å². The molecule has 2 aliphatic carbocycles. The molecule has 1 heterocycles. The lowest BCUT2D eigenvalue weighted by Gasteiger charge is -2.35. The molecule has 0 amide bonds. The van der Waals surface area contributed by atoms with Crippen molar-refractivity contribution in [2.45, 2.75) is 25.2 Å². The quantitative estimate of drug-likeness (QED) is 0.353. The van der Waals surface area contributed by atoms with E-state index in [0.29, 0.717) is 5.92 Å². The molecule has 1 heteroatoms. The van der Waals surface area contributed by atoms with Crippen LogP contribution in [0.2, 0.25) is 0 Å². The Kier molecular flexibility index (Phi) is 4.50. The van der Waals surface area contributed by atoms with Crippen molar-refractivity contribution >= 4 is 5.57 Å². The predicted octanol–water partition coefficient (Wildman–Crippen LogP) is 7.77. The Morgan fingerprint density at radius 3 is 2.19 bits per heavy atom. The van der Waals surface area contributed by atoms with Crippen LogP contribution in [0.4, 0.5) is 0 Å². The molecule has 0 spiro atoms. The Morgan fingerprint density at radius 2 is 1.53 bits per heavy atom. The summed E-state index contributed by atoms with van der Waals surface area (Å²) in [6.45, 7) is 2.37. The summed E-state index contributed by atoms with van der Waals surface area (Å²) in [5.41, 5.74) is 10.5. The van der Waals surface area contributed by atoms with Gasteiger partial charge in [0.2, 0.25) is 0 Å². The average molecular weight is 414 g/mol. The van der Waals surface area contributed by atoms with Crippen LogP contribution in [0.15, 0.2) is 115 Å². The van der Waals surface area contributed by atoms with Crippen molar-refractivity contribution in [2.24, 2.45) is 5.92 Å². The minimum atomic E-state index is -0.309. The first kappa shape index (κ1) is 19.1. The van der Waals surface area contributed by atoms with Gasteiger partial charge in [0.1, 0.15) is 0 Å². The average Bonchev–Trinajstić information content (AvgIpc) is 3.41. The first-order valence-corrected chi connectivity index (χ1v) is 11.6. The van der Waals surface area contributed by atoms with Gasteiger partial charge in [-0.25, -0.2) is 0 Å². The van der Waals surface area contributed by atoms with Gasteiger partial charge >= 0.3 is 0 Å². The lowest BCUT2D eigenvalue weighted by Crippen LogP contribution is -2.29. The van der Waals surface area contributed by atoms with Crippen LogP contribution in [0.1, 0.15) is 42.0 Å². The second-order valence-electron chi connectivity index (χ2n) is 9.17. The number of fused-ring (bicyclic) bond motifs is 2. The second kappa shape index (κ2) is 7.53. The fraction of sp³-hybridized carbons (Fsp3) is 0.161. The van der Waals surface area contributed by atoms with Crippen LogP contribution in [0.3, 0.4) is 0 Å². The van der Waals surface area contributed by atoms with Crippen LogP contribution in [0, 0.1) is 5.92 Å². The number of nitrogens with one attached hydrogen (secondary N) is 1. The molecule has 1 unspecified atom stereocenters. The van der Waals surface area contributed by atoms with Gasteiger partial charge in [-0.15, -0.1) is 0 Å². The normalized spacial score (nSPS) is 18.8. The Balaban J connectivity index is 1.73. The number of hydrogen-bond donors (Lipinski definition) is 1. The minimum absolute atomic E-state index is 0.309. The van der Waals surface area contributed by atoms with Gasteiger partial charge in [0.15, 0.2) is 0 Å². The summed E-state index contributed by atoms with van der Waals surface area (Å²) in [5, 5.41) is 0. The van der Waals surface area contributed by atoms with Crippen LogP contribution < -0.4 is 0 Å². The topological polar surface area (TPSA) is 15.8 Å². The lowest BCUT2D eigenvalue weighted by atomic mass is 9.66. The second-order valence-corrected chi connectivity index (χ2v) is 9.17. The summed E-state index contributed by atoms with van der Waals surface area (Å²) < 4.78 is 0. The number of aromatic amines is 1. The molecular weight excluding hydrogens is 386 g/mol. The molecule has 0 saturated carbocycles. The fourth-order valence-electron chi connectivity index (χ4n) is 5.77. The molecule has 3 aromatic carbocycles. The molecule has 1 nitrogen and oxygen atoms in total. The van der Waals surface area contributed by atoms with Gasteiger partial charge in [-0.05, 0) is 75.9 Å². The fourth-order valence-corrected chi connectivity index (χ4v) is 5.77. The molecule has 1 N–H and O–H groups in total. The molecule has 0 aliphatic heterocycles. The number of rotatable bonds is 3. The molecule has 1 atom stereocenters. The number of aromatic nitrogens is 1. The molecule has 156 valence electrons. The van der Waals surface area contributed by atoms with Crippen LogP contribution in [-0.4, -0.2) is 4.98 Å². The van der Waals surface area contributed by atoms with Crippen LogP contribution in [0.5, 0.6) is 0 Å². The monoisotopic (exact) mass is 413 g/mol. The molecule has 4 aromatic rings. The van der Waals surface area contributed by atoms with Crippen LogP contribution >= 0.6 is 0 Å². The van der Waals surface area contributed by atoms with E-state index in [4.69, 9.17) is 0 Å². The summed E-state index contributed by atoms with van der Waals surface area (Å²) in [5.74, 6) is 0.636. The van der Waals surface area contributed by atoms with Crippen molar-refractivity contribution in [3.63, 3.8) is 0 Å². The third-order valence-corrected chi connectivity index (χ3v) is 7.18. The zero-order valence-electron chi connectivity index (χ0n) is 18.4. The third-order valence-electron chi connectivity index (χ3n) is 7.18. The number of allylic oxidation sites excluding steroid dienone is 4. The zero-order chi connectivity index (χ0) is 21.5. The van der Waals surface area contributed by atoms with Crippen molar-refractivity contribution in [3.05, 3.63) is 137 Å². The van der Waals surface area contributed by atoms with E-state index in [0.717, 1.165) is 18.5 Å². The van der Waals surface area contributed by atoms with Gasteiger partial charge in [-0.3, -0.25) is 0 Å². The Hall–Kier alpha value is -3.58. The maximum absolute atomic E-state index is 3.40. The highest BCUT2D eigenvalue weighted by molar-refractivity contribution is 5.89. The van der Waals surface area contributed by atoms with Crippen molar-refractivity contribution in [1.82, 2.24) is 4.98 Å². The van der Waals surface area contributed by atoms with E-state index >= 15 is 0 Å². The van der Waals surface area contributed by atoms with Crippen molar-refractivity contribution in [2.75, 3.05) is 0 Å². The van der Waals surface area contributed by atoms with E-state index in [9.17, 15) is 0 Å². The summed E-state index contributed by atoms with van der Waals surface area (Å²) in [6.07, 6.45) is 9.06. The van der Waals surface area contributed by atoms with Crippen LogP contribution in [-0.2, 0) is 5.41 Å². The summed E-state index contributed by atoms with van der Waals surface area (Å²) in [7, 11) is 0. The van der Waals surface area contributed by atoms with Gasteiger partial charge in [0.05, 0.1) is 5.41 Å². The highest BCUT2D eigenvalue weighted by Crippen LogP contribution is 2.57. The summed E-state index contributed by atoms with van der Waals surface area (Å²) in [4.78, 5) is 3.40. The largest absolute Gasteiger partial charge is 0.361 e. The lowest BCUT2D eigenvalue weighted by molar-refractivity contribution is 0.614. The van der Waals surface area contributed by atoms with Crippen molar-refractivity contribution < 1.29 is 0 Å². The summed E-state index contributed by atoms with van der Waals surface area (Å²) >= 11 is 0. The van der Waals surface area contributed by atoms with E-state index in [1.807, 2.05) is 6.20 Å². The molecular formula is C31H27N. The molecule has 0 bridgehead atoms. The molecule has 32 heavy (non-hydrogen) atoms. The van der Waals surface area contributed by atoms with Gasteiger partial charge in [0.25, 0.3) is 0 Å². The van der Waals surface area contributed by atoms with Gasteiger partial charge < -0.3 is 4.98 Å². The van der Waals surface area contributed by atoms with Crippen LogP contribution in [0.25, 0.3) is 16.8 Å². The molecule has 2 aliphatic rings. The SMILES string of the molecule is CC1CC=CC2=C(C1)c1ccc(-c3ccc[nH]3)cc1C2(c1ccccc1)c1ccccc1. The first-order valence-electron chi connectivity index (χ1n) is 11.6. The predicted molar refractivity (Wildman–Crippen MR) is 133 cm³/mol. The smallest absolute Gasteiger partial charge is 0.0710 e. The Morgan fingerprint density at radius 1 is 0.812 bits per heavy atom. The van der Waals surface area contributed by atoms with Gasteiger partial charge in [-0.2, -0.15) is 0 Å². The number of benzene rings is 3. The molecule has 6 rings (SSSR count). The van der Waals surface area contributed by atoms with Crippen molar-refractivity contribution in [1.29, 1.82) is 0 Å². The van der Waals surface area contributed by atoms with E-state index in [1.165, 1.54) is 39.0 Å². The van der Waals surface area contributed by atoms with Gasteiger partial charge in [-0.1, -0.05) is 91.9 Å². The highest BCUT2D eigenvalue weighted by Gasteiger charge is 2.47. The number of H-pyrrole nitrogens is 1. The van der Waals surface area contributed by atoms with Crippen molar-refractivity contribution in [3.8, 4) is 11.3 Å².